The standard InChI is InChI=1S/C35H32N4O3S/c1-21-12-13-25(34(40)41)20-30(21)38-23(3)19-28(24(38)4)33-32(29-10-7-8-18-36-29)37-35(43)39(33)26-14-16-27(17-15-26)42-31-11-6-5-9-22(31)2/h5-20,32-33H,1-4H3,(H,37,43)(H,40,41). The molecule has 6 rings (SSSR count). The van der Waals surface area contributed by atoms with Crippen molar-refractivity contribution in [1.82, 2.24) is 14.9 Å². The van der Waals surface area contributed by atoms with E-state index in [4.69, 9.17) is 17.0 Å². The quantitative estimate of drug-likeness (QED) is 0.188. The minimum Gasteiger partial charge on any atom is -0.478 e. The third kappa shape index (κ3) is 5.26. The van der Waals surface area contributed by atoms with Gasteiger partial charge in [-0.25, -0.2) is 4.79 Å². The van der Waals surface area contributed by atoms with Gasteiger partial charge >= 0.3 is 5.97 Å². The summed E-state index contributed by atoms with van der Waals surface area (Å²) in [6.07, 6.45) is 1.79. The average Bonchev–Trinajstić information content (AvgIpc) is 3.50. The molecule has 8 heteroatoms. The van der Waals surface area contributed by atoms with Gasteiger partial charge in [-0.05, 0) is 117 Å². The van der Waals surface area contributed by atoms with Crippen LogP contribution in [0, 0.1) is 27.7 Å². The summed E-state index contributed by atoms with van der Waals surface area (Å²) in [6, 6.07) is 28.8. The molecule has 216 valence electrons. The normalized spacial score (nSPS) is 16.3. The number of carbonyl (C=O) groups is 1. The van der Waals surface area contributed by atoms with Crippen LogP contribution in [0.25, 0.3) is 5.69 Å². The van der Waals surface area contributed by atoms with Crippen molar-refractivity contribution in [2.45, 2.75) is 39.8 Å². The van der Waals surface area contributed by atoms with Crippen molar-refractivity contribution in [3.05, 3.63) is 137 Å². The van der Waals surface area contributed by atoms with E-state index in [2.05, 4.69) is 32.8 Å². The van der Waals surface area contributed by atoms with E-state index in [1.54, 1.807) is 18.3 Å². The maximum absolute atomic E-state index is 11.8. The number of carboxylic acid groups (broad SMARTS) is 1. The highest BCUT2D eigenvalue weighted by atomic mass is 32.1. The predicted octanol–water partition coefficient (Wildman–Crippen LogP) is 7.77. The second kappa shape index (κ2) is 11.4. The Kier molecular flexibility index (Phi) is 7.46. The fourth-order valence-corrected chi connectivity index (χ4v) is 6.21. The van der Waals surface area contributed by atoms with Gasteiger partial charge in [0.1, 0.15) is 11.5 Å². The molecular weight excluding hydrogens is 556 g/mol. The summed E-state index contributed by atoms with van der Waals surface area (Å²) >= 11 is 5.96. The van der Waals surface area contributed by atoms with E-state index in [0.29, 0.717) is 5.11 Å². The topological polar surface area (TPSA) is 79.6 Å². The molecule has 0 bridgehead atoms. The predicted molar refractivity (Wildman–Crippen MR) is 173 cm³/mol. The lowest BCUT2D eigenvalue weighted by Gasteiger charge is -2.28. The summed E-state index contributed by atoms with van der Waals surface area (Å²) < 4.78 is 8.29. The van der Waals surface area contributed by atoms with Gasteiger partial charge in [-0.1, -0.05) is 30.3 Å². The van der Waals surface area contributed by atoms with Crippen molar-refractivity contribution in [3.63, 3.8) is 0 Å². The summed E-state index contributed by atoms with van der Waals surface area (Å²) in [7, 11) is 0. The Morgan fingerprint density at radius 1 is 0.907 bits per heavy atom. The Bertz CT molecular complexity index is 1830. The highest BCUT2D eigenvalue weighted by molar-refractivity contribution is 7.80. The van der Waals surface area contributed by atoms with E-state index in [1.807, 2.05) is 93.6 Å². The highest BCUT2D eigenvalue weighted by Gasteiger charge is 2.42. The SMILES string of the molecule is Cc1ccccc1Oc1ccc(N2C(=S)NC(c3ccccn3)C2c2cc(C)n(-c3cc(C(=O)O)ccc3C)c2C)cc1. The van der Waals surface area contributed by atoms with Crippen LogP contribution in [0.4, 0.5) is 5.69 Å². The molecule has 3 aromatic carbocycles. The number of carboxylic acids is 1. The van der Waals surface area contributed by atoms with Crippen LogP contribution in [0.3, 0.4) is 0 Å². The zero-order valence-corrected chi connectivity index (χ0v) is 25.2. The fraction of sp³-hybridized carbons (Fsp3) is 0.171. The monoisotopic (exact) mass is 588 g/mol. The van der Waals surface area contributed by atoms with Crippen LogP contribution in [-0.2, 0) is 0 Å². The van der Waals surface area contributed by atoms with Crippen LogP contribution >= 0.6 is 12.2 Å². The van der Waals surface area contributed by atoms with Crippen LogP contribution in [0.15, 0.2) is 97.2 Å². The van der Waals surface area contributed by atoms with Crippen molar-refractivity contribution in [2.75, 3.05) is 4.90 Å². The molecule has 2 aromatic heterocycles. The van der Waals surface area contributed by atoms with E-state index in [-0.39, 0.29) is 17.6 Å². The summed E-state index contributed by atoms with van der Waals surface area (Å²) in [4.78, 5) is 18.6. The average molecular weight is 589 g/mol. The van der Waals surface area contributed by atoms with Gasteiger partial charge in [0, 0.05) is 29.0 Å². The number of hydrogen-bond donors (Lipinski definition) is 2. The van der Waals surface area contributed by atoms with Gasteiger partial charge in [0.25, 0.3) is 0 Å². The molecule has 1 aliphatic rings. The number of rotatable bonds is 7. The minimum absolute atomic E-state index is 0.211. The molecule has 0 saturated carbocycles. The maximum Gasteiger partial charge on any atom is 0.335 e. The minimum atomic E-state index is -0.953. The van der Waals surface area contributed by atoms with Crippen LogP contribution < -0.4 is 15.0 Å². The fourth-order valence-electron chi connectivity index (χ4n) is 5.86. The molecule has 0 radical (unpaired) electrons. The number of benzene rings is 3. The van der Waals surface area contributed by atoms with Crippen molar-refractivity contribution in [3.8, 4) is 17.2 Å². The second-order valence-corrected chi connectivity index (χ2v) is 11.2. The van der Waals surface area contributed by atoms with E-state index < -0.39 is 5.97 Å². The van der Waals surface area contributed by atoms with Crippen LogP contribution in [0.5, 0.6) is 11.5 Å². The molecular formula is C35H32N4O3S. The van der Waals surface area contributed by atoms with Crippen molar-refractivity contribution < 1.29 is 14.6 Å². The molecule has 0 aliphatic carbocycles. The number of pyridine rings is 1. The molecule has 7 nitrogen and oxygen atoms in total. The number of aromatic nitrogens is 2. The molecule has 0 amide bonds. The lowest BCUT2D eigenvalue weighted by Crippen LogP contribution is -2.29. The Morgan fingerprint density at radius 2 is 1.65 bits per heavy atom. The molecule has 5 aromatic rings. The van der Waals surface area contributed by atoms with Crippen molar-refractivity contribution in [1.29, 1.82) is 0 Å². The zero-order chi connectivity index (χ0) is 30.2. The van der Waals surface area contributed by atoms with Gasteiger partial charge < -0.3 is 24.6 Å². The second-order valence-electron chi connectivity index (χ2n) is 10.8. The Labute approximate surface area is 256 Å². The summed E-state index contributed by atoms with van der Waals surface area (Å²) in [5.74, 6) is 0.600. The van der Waals surface area contributed by atoms with Gasteiger partial charge in [-0.3, -0.25) is 4.98 Å². The van der Waals surface area contributed by atoms with E-state index >= 15 is 0 Å². The van der Waals surface area contributed by atoms with Gasteiger partial charge in [-0.2, -0.15) is 0 Å². The molecule has 1 saturated heterocycles. The number of aromatic carboxylic acids is 1. The zero-order valence-electron chi connectivity index (χ0n) is 24.4. The Morgan fingerprint density at radius 3 is 2.35 bits per heavy atom. The molecule has 0 spiro atoms. The number of thiocarbonyl (C=S) groups is 1. The maximum atomic E-state index is 11.8. The van der Waals surface area contributed by atoms with Crippen molar-refractivity contribution in [2.24, 2.45) is 0 Å². The van der Waals surface area contributed by atoms with Gasteiger partial charge in [-0.15, -0.1) is 0 Å². The van der Waals surface area contributed by atoms with Crippen LogP contribution in [0.2, 0.25) is 0 Å². The lowest BCUT2D eigenvalue weighted by molar-refractivity contribution is 0.0697. The van der Waals surface area contributed by atoms with E-state index in [1.165, 1.54) is 0 Å². The smallest absolute Gasteiger partial charge is 0.335 e. The summed E-state index contributed by atoms with van der Waals surface area (Å²) in [5, 5.41) is 13.8. The molecule has 2 unspecified atom stereocenters. The summed E-state index contributed by atoms with van der Waals surface area (Å²) in [5.41, 5.74) is 8.02. The highest BCUT2D eigenvalue weighted by Crippen LogP contribution is 2.44. The van der Waals surface area contributed by atoms with Crippen LogP contribution in [0.1, 0.15) is 56.2 Å². The first kappa shape index (κ1) is 28.2. The third-order valence-electron chi connectivity index (χ3n) is 8.02. The number of ether oxygens (including phenoxy) is 1. The first-order valence-electron chi connectivity index (χ1n) is 14.1. The van der Waals surface area contributed by atoms with Gasteiger partial charge in [0.05, 0.1) is 23.3 Å². The molecule has 2 atom stereocenters. The third-order valence-corrected chi connectivity index (χ3v) is 8.33. The van der Waals surface area contributed by atoms with Crippen LogP contribution in [-0.4, -0.2) is 25.7 Å². The Balaban J connectivity index is 1.44. The van der Waals surface area contributed by atoms with E-state index in [9.17, 15) is 9.90 Å². The molecule has 43 heavy (non-hydrogen) atoms. The Hall–Kier alpha value is -4.95. The van der Waals surface area contributed by atoms with Crippen molar-refractivity contribution >= 4 is 29.0 Å². The van der Waals surface area contributed by atoms with Gasteiger partial charge in [0.2, 0.25) is 0 Å². The first-order valence-corrected chi connectivity index (χ1v) is 14.5. The number of aryl methyl sites for hydroxylation is 3. The molecule has 3 heterocycles. The largest absolute Gasteiger partial charge is 0.478 e. The molecule has 2 N–H and O–H groups in total. The summed E-state index contributed by atoms with van der Waals surface area (Å²) in [6.45, 7) is 8.14. The molecule has 1 aliphatic heterocycles. The number of hydrogen-bond acceptors (Lipinski definition) is 4. The number of nitrogens with zero attached hydrogens (tertiary/aromatic N) is 3. The van der Waals surface area contributed by atoms with Gasteiger partial charge in [0.15, 0.2) is 5.11 Å². The molecule has 1 fully saturated rings. The van der Waals surface area contributed by atoms with E-state index in [0.717, 1.165) is 56.6 Å². The number of anilines is 1. The number of nitrogens with one attached hydrogen (secondary N) is 1. The lowest BCUT2D eigenvalue weighted by atomic mass is 9.96. The number of para-hydroxylation sites is 1. The first-order chi connectivity index (χ1) is 20.7.